The lowest BCUT2D eigenvalue weighted by Gasteiger charge is -1.98. The fraction of sp³-hybridized carbons (Fsp3) is 0.800. The maximum atomic E-state index is 5.04. The first-order valence-corrected chi connectivity index (χ1v) is 6.20. The summed E-state index contributed by atoms with van der Waals surface area (Å²) in [6.45, 7) is 5.49. The van der Waals surface area contributed by atoms with Gasteiger partial charge in [-0.1, -0.05) is 26.7 Å². The Bertz CT molecular complexity index is 175. The minimum Gasteiger partial charge on any atom is -0.471 e. The fourth-order valence-corrected chi connectivity index (χ4v) is 0.801. The van der Waals surface area contributed by atoms with Crippen molar-refractivity contribution >= 4 is 57.8 Å². The van der Waals surface area contributed by atoms with E-state index in [1.54, 1.807) is 0 Å². The quantitative estimate of drug-likeness (QED) is 0.435. The van der Waals surface area contributed by atoms with Gasteiger partial charge in [-0.2, -0.15) is 0 Å². The molecule has 0 heterocycles. The zero-order chi connectivity index (χ0) is 12.8. The van der Waals surface area contributed by atoms with Crippen molar-refractivity contribution in [3.63, 3.8) is 0 Å². The summed E-state index contributed by atoms with van der Waals surface area (Å²) in [5.74, 6) is 0. The van der Waals surface area contributed by atoms with E-state index in [1.165, 1.54) is 0 Å². The third kappa shape index (κ3) is 31.4. The monoisotopic (exact) mass is 292 g/mol. The Labute approximate surface area is 131 Å². The second-order valence-corrected chi connectivity index (χ2v) is 3.85. The largest absolute Gasteiger partial charge is 0.471 e. The highest BCUT2D eigenvalue weighted by molar-refractivity contribution is 7.80. The number of ether oxygens (including phenoxy) is 2. The first kappa shape index (κ1) is 22.3. The highest BCUT2D eigenvalue weighted by Crippen LogP contribution is 1.86. The molecule has 7 heteroatoms. The molecular formula is C10H24MgN2O2S2. The van der Waals surface area contributed by atoms with E-state index in [0.29, 0.717) is 13.2 Å². The molecule has 0 spiro atoms. The van der Waals surface area contributed by atoms with E-state index in [4.69, 9.17) is 20.9 Å². The summed E-state index contributed by atoms with van der Waals surface area (Å²) in [5.41, 5.74) is 10.1. The number of unbranched alkanes of at least 4 members (excludes halogenated alkanes) is 2. The van der Waals surface area contributed by atoms with Crippen molar-refractivity contribution in [2.45, 2.75) is 39.5 Å². The Morgan fingerprint density at radius 1 is 0.882 bits per heavy atom. The minimum absolute atomic E-state index is 0. The smallest absolute Gasteiger partial charge is 0.316 e. The molecule has 0 saturated carbocycles. The van der Waals surface area contributed by atoms with Crippen molar-refractivity contribution in [3.05, 3.63) is 0 Å². The van der Waals surface area contributed by atoms with Gasteiger partial charge in [0.05, 0.1) is 13.2 Å². The molecule has 100 valence electrons. The normalized spacial score (nSPS) is 8.12. The van der Waals surface area contributed by atoms with Crippen LogP contribution in [-0.4, -0.2) is 46.6 Å². The molecule has 0 aromatic rings. The predicted octanol–water partition coefficient (Wildman–Crippen LogP) is 1.18. The number of hydrogen-bond acceptors (Lipinski definition) is 4. The number of rotatable bonds is 6. The van der Waals surface area contributed by atoms with Crippen LogP contribution in [0.15, 0.2) is 0 Å². The summed E-state index contributed by atoms with van der Waals surface area (Å²) in [6.07, 6.45) is 4.28. The molecule has 0 rings (SSSR count). The molecule has 0 aliphatic rings. The van der Waals surface area contributed by atoms with Gasteiger partial charge in [0.1, 0.15) is 0 Å². The molecule has 4 nitrogen and oxygen atoms in total. The van der Waals surface area contributed by atoms with Crippen molar-refractivity contribution in [2.75, 3.05) is 13.2 Å². The molecule has 17 heavy (non-hydrogen) atoms. The second-order valence-electron chi connectivity index (χ2n) is 3.04. The van der Waals surface area contributed by atoms with Crippen LogP contribution in [0.5, 0.6) is 0 Å². The van der Waals surface area contributed by atoms with E-state index in [0.717, 1.165) is 25.7 Å². The zero-order valence-corrected chi connectivity index (χ0v) is 11.7. The molecule has 0 amide bonds. The van der Waals surface area contributed by atoms with Gasteiger partial charge in [-0.3, -0.25) is 0 Å². The van der Waals surface area contributed by atoms with E-state index < -0.39 is 0 Å². The highest BCUT2D eigenvalue weighted by atomic mass is 32.1. The average Bonchev–Trinajstić information content (AvgIpc) is 2.18. The van der Waals surface area contributed by atoms with Crippen LogP contribution in [0.2, 0.25) is 0 Å². The molecule has 0 bridgehead atoms. The van der Waals surface area contributed by atoms with E-state index in [9.17, 15) is 0 Å². The van der Waals surface area contributed by atoms with Crippen LogP contribution in [0.4, 0.5) is 0 Å². The van der Waals surface area contributed by atoms with Crippen LogP contribution in [0.3, 0.4) is 0 Å². The first-order chi connectivity index (χ1) is 7.54. The summed E-state index contributed by atoms with van der Waals surface area (Å²) in [7, 11) is 0. The van der Waals surface area contributed by atoms with Crippen molar-refractivity contribution in [1.82, 2.24) is 0 Å². The predicted molar refractivity (Wildman–Crippen MR) is 83.8 cm³/mol. The Morgan fingerprint density at radius 2 is 1.18 bits per heavy atom. The number of nitrogens with two attached hydrogens (primary N) is 2. The van der Waals surface area contributed by atoms with Gasteiger partial charge in [0.15, 0.2) is 0 Å². The Morgan fingerprint density at radius 3 is 1.35 bits per heavy atom. The average molecular weight is 293 g/mol. The van der Waals surface area contributed by atoms with Gasteiger partial charge >= 0.3 is 23.1 Å². The number of hydrogen-bond donors (Lipinski definition) is 2. The molecular weight excluding hydrogens is 269 g/mol. The molecule has 0 aromatic heterocycles. The molecule has 0 aliphatic carbocycles. The first-order valence-electron chi connectivity index (χ1n) is 5.39. The minimum atomic E-state index is 0. The van der Waals surface area contributed by atoms with E-state index in [1.807, 2.05) is 0 Å². The third-order valence-corrected chi connectivity index (χ3v) is 1.72. The van der Waals surface area contributed by atoms with Gasteiger partial charge in [-0.15, -0.1) is 0 Å². The van der Waals surface area contributed by atoms with Gasteiger partial charge in [0.25, 0.3) is 10.3 Å². The Hall–Kier alpha value is 0.146. The molecule has 0 fully saturated rings. The lowest BCUT2D eigenvalue weighted by molar-refractivity contribution is 0.300. The van der Waals surface area contributed by atoms with E-state index in [-0.39, 0.29) is 33.4 Å². The summed E-state index contributed by atoms with van der Waals surface area (Å²) >= 11 is 8.93. The Balaban J connectivity index is -0.000000218. The maximum Gasteiger partial charge on any atom is 0.316 e. The van der Waals surface area contributed by atoms with Gasteiger partial charge in [-0.25, -0.2) is 0 Å². The van der Waals surface area contributed by atoms with Gasteiger partial charge in [0, 0.05) is 0 Å². The summed E-state index contributed by atoms with van der Waals surface area (Å²) in [4.78, 5) is 0. The Kier molecular flexibility index (Phi) is 24.3. The second kappa shape index (κ2) is 18.5. The van der Waals surface area contributed by atoms with Crippen LogP contribution >= 0.6 is 24.4 Å². The summed E-state index contributed by atoms with van der Waals surface area (Å²) in [6, 6.07) is 0. The molecule has 0 aliphatic heterocycles. The van der Waals surface area contributed by atoms with Crippen LogP contribution in [0, 0.1) is 0 Å². The molecule has 0 saturated heterocycles. The zero-order valence-electron chi connectivity index (χ0n) is 10.0. The van der Waals surface area contributed by atoms with Crippen molar-refractivity contribution in [2.24, 2.45) is 11.5 Å². The van der Waals surface area contributed by atoms with Crippen LogP contribution in [-0.2, 0) is 9.47 Å². The standard InChI is InChI=1S/2C5H11NOS.Mg.2H/c2*1-2-3-4-7-5(6)8;;;/h2*2-4H2,1H3,(H2,6,8);;;. The lowest BCUT2D eigenvalue weighted by Crippen LogP contribution is -2.12. The van der Waals surface area contributed by atoms with E-state index >= 15 is 0 Å². The van der Waals surface area contributed by atoms with Gasteiger partial charge in [-0.05, 0) is 37.3 Å². The van der Waals surface area contributed by atoms with Crippen molar-refractivity contribution in [1.29, 1.82) is 0 Å². The van der Waals surface area contributed by atoms with Crippen molar-refractivity contribution in [3.8, 4) is 0 Å². The fourth-order valence-electron chi connectivity index (χ4n) is 0.634. The van der Waals surface area contributed by atoms with Crippen LogP contribution in [0.1, 0.15) is 39.5 Å². The van der Waals surface area contributed by atoms with Gasteiger partial charge < -0.3 is 20.9 Å². The topological polar surface area (TPSA) is 70.5 Å². The summed E-state index contributed by atoms with van der Waals surface area (Å²) < 4.78 is 9.58. The van der Waals surface area contributed by atoms with E-state index in [2.05, 4.69) is 38.3 Å². The number of thiocarbonyl (C=S) groups is 2. The molecule has 0 atom stereocenters. The maximum absolute atomic E-state index is 5.04. The molecule has 0 aromatic carbocycles. The van der Waals surface area contributed by atoms with Crippen molar-refractivity contribution < 1.29 is 9.47 Å². The van der Waals surface area contributed by atoms with Gasteiger partial charge in [0.2, 0.25) is 0 Å². The third-order valence-electron chi connectivity index (χ3n) is 1.48. The SMILES string of the molecule is CCCCOC(N)=S.CCCCOC(N)=S.[MgH2]. The van der Waals surface area contributed by atoms with Crippen LogP contribution < -0.4 is 11.5 Å². The molecule has 0 unspecified atom stereocenters. The lowest BCUT2D eigenvalue weighted by atomic mass is 10.4. The van der Waals surface area contributed by atoms with Crippen LogP contribution in [0.25, 0.3) is 0 Å². The molecule has 4 N–H and O–H groups in total. The molecule has 0 radical (unpaired) electrons. The highest BCUT2D eigenvalue weighted by Gasteiger charge is 1.85. The summed E-state index contributed by atoms with van der Waals surface area (Å²) in [5, 5.41) is 0.303.